The number of ether oxygens (including phenoxy) is 1. The Balaban J connectivity index is 2.91. The van der Waals surface area contributed by atoms with Crippen molar-refractivity contribution < 1.29 is 14.5 Å². The standard InChI is InChI=1S/C10H11N3O4S/c1-6(14)11-10(18)12-7-3-4-9(17-2)8(5-7)13(15)16/h3-5H,1-2H3,(H2,11,12,14,18). The van der Waals surface area contributed by atoms with Gasteiger partial charge in [0.1, 0.15) is 0 Å². The number of rotatable bonds is 3. The number of carbonyl (C=O) groups excluding carboxylic acids is 1. The van der Waals surface area contributed by atoms with Gasteiger partial charge in [-0.1, -0.05) is 0 Å². The highest BCUT2D eigenvalue weighted by atomic mass is 32.1. The van der Waals surface area contributed by atoms with Crippen molar-refractivity contribution in [2.45, 2.75) is 6.92 Å². The molecule has 1 aromatic carbocycles. The number of hydrogen-bond donors (Lipinski definition) is 2. The number of nitrogens with one attached hydrogen (secondary N) is 2. The number of amides is 1. The molecule has 1 amide bonds. The Morgan fingerprint density at radius 1 is 1.50 bits per heavy atom. The molecule has 18 heavy (non-hydrogen) atoms. The lowest BCUT2D eigenvalue weighted by atomic mass is 10.2. The molecule has 0 fully saturated rings. The van der Waals surface area contributed by atoms with Crippen LogP contribution in [0, 0.1) is 10.1 Å². The SMILES string of the molecule is COc1ccc(NC(=S)NC(C)=O)cc1[N+](=O)[O-]. The highest BCUT2D eigenvalue weighted by Gasteiger charge is 2.15. The molecule has 7 nitrogen and oxygen atoms in total. The Labute approximate surface area is 108 Å². The van der Waals surface area contributed by atoms with Gasteiger partial charge in [-0.15, -0.1) is 0 Å². The third kappa shape index (κ3) is 3.67. The van der Waals surface area contributed by atoms with Crippen LogP contribution in [0.5, 0.6) is 5.75 Å². The summed E-state index contributed by atoms with van der Waals surface area (Å²) in [6.45, 7) is 1.31. The molecule has 0 aliphatic rings. The average Bonchev–Trinajstić information content (AvgIpc) is 2.27. The molecule has 0 spiro atoms. The smallest absolute Gasteiger partial charge is 0.312 e. The Bertz CT molecular complexity index is 504. The minimum absolute atomic E-state index is 0.0713. The normalized spacial score (nSPS) is 9.44. The van der Waals surface area contributed by atoms with Crippen molar-refractivity contribution in [3.63, 3.8) is 0 Å². The van der Waals surface area contributed by atoms with Gasteiger partial charge in [-0.25, -0.2) is 0 Å². The predicted molar refractivity (Wildman–Crippen MR) is 69.7 cm³/mol. The van der Waals surface area contributed by atoms with Gasteiger partial charge in [0.05, 0.1) is 12.0 Å². The molecule has 8 heteroatoms. The molecule has 0 radical (unpaired) electrons. The van der Waals surface area contributed by atoms with E-state index < -0.39 is 4.92 Å². The fourth-order valence-electron chi connectivity index (χ4n) is 1.23. The lowest BCUT2D eigenvalue weighted by Crippen LogP contribution is -2.32. The number of hydrogen-bond acceptors (Lipinski definition) is 5. The van der Waals surface area contributed by atoms with Crippen LogP contribution < -0.4 is 15.4 Å². The summed E-state index contributed by atoms with van der Waals surface area (Å²) in [5.74, 6) is -0.175. The minimum atomic E-state index is -0.564. The zero-order chi connectivity index (χ0) is 13.7. The minimum Gasteiger partial charge on any atom is -0.490 e. The van der Waals surface area contributed by atoms with Crippen LogP contribution in [0.1, 0.15) is 6.92 Å². The summed E-state index contributed by atoms with van der Waals surface area (Å²) >= 11 is 4.84. The molecule has 0 aliphatic carbocycles. The van der Waals surface area contributed by atoms with E-state index >= 15 is 0 Å². The first-order valence-electron chi connectivity index (χ1n) is 4.85. The lowest BCUT2D eigenvalue weighted by molar-refractivity contribution is -0.385. The maximum atomic E-state index is 10.8. The zero-order valence-electron chi connectivity index (χ0n) is 9.72. The van der Waals surface area contributed by atoms with Gasteiger partial charge < -0.3 is 15.4 Å². The van der Waals surface area contributed by atoms with E-state index in [1.807, 2.05) is 0 Å². The van der Waals surface area contributed by atoms with E-state index in [4.69, 9.17) is 17.0 Å². The van der Waals surface area contributed by atoms with E-state index in [2.05, 4.69) is 10.6 Å². The quantitative estimate of drug-likeness (QED) is 0.490. The summed E-state index contributed by atoms with van der Waals surface area (Å²) in [7, 11) is 1.34. The molecule has 1 aromatic rings. The summed E-state index contributed by atoms with van der Waals surface area (Å²) in [4.78, 5) is 21.0. The molecular weight excluding hydrogens is 258 g/mol. The van der Waals surface area contributed by atoms with Crippen molar-refractivity contribution in [1.82, 2.24) is 5.32 Å². The van der Waals surface area contributed by atoms with Gasteiger partial charge in [0.15, 0.2) is 10.9 Å². The van der Waals surface area contributed by atoms with Gasteiger partial charge in [0.25, 0.3) is 0 Å². The summed E-state index contributed by atoms with van der Waals surface area (Å²) in [5, 5.41) is 15.9. The summed E-state index contributed by atoms with van der Waals surface area (Å²) in [6.07, 6.45) is 0. The Morgan fingerprint density at radius 3 is 2.67 bits per heavy atom. The van der Waals surface area contributed by atoms with Crippen molar-refractivity contribution in [1.29, 1.82) is 0 Å². The number of anilines is 1. The van der Waals surface area contributed by atoms with Crippen molar-refractivity contribution in [3.8, 4) is 5.75 Å². The van der Waals surface area contributed by atoms with Crippen LogP contribution >= 0.6 is 12.2 Å². The predicted octanol–water partition coefficient (Wildman–Crippen LogP) is 1.44. The van der Waals surface area contributed by atoms with Crippen LogP contribution in [0.2, 0.25) is 0 Å². The summed E-state index contributed by atoms with van der Waals surface area (Å²) in [5.41, 5.74) is 0.203. The highest BCUT2D eigenvalue weighted by Crippen LogP contribution is 2.29. The highest BCUT2D eigenvalue weighted by molar-refractivity contribution is 7.80. The molecule has 2 N–H and O–H groups in total. The molecule has 0 bridgehead atoms. The number of benzene rings is 1. The van der Waals surface area contributed by atoms with Crippen molar-refractivity contribution in [3.05, 3.63) is 28.3 Å². The molecular formula is C10H11N3O4S. The van der Waals surface area contributed by atoms with Gasteiger partial charge in [0.2, 0.25) is 5.91 Å². The molecule has 0 atom stereocenters. The third-order valence-corrected chi connectivity index (χ3v) is 2.13. The van der Waals surface area contributed by atoms with Crippen LogP contribution in [-0.4, -0.2) is 23.1 Å². The van der Waals surface area contributed by atoms with E-state index in [1.54, 1.807) is 6.07 Å². The maximum absolute atomic E-state index is 10.8. The van der Waals surface area contributed by atoms with Gasteiger partial charge in [-0.2, -0.15) is 0 Å². The monoisotopic (exact) mass is 269 g/mol. The van der Waals surface area contributed by atoms with Crippen LogP contribution in [0.15, 0.2) is 18.2 Å². The average molecular weight is 269 g/mol. The number of methoxy groups -OCH3 is 1. The molecule has 96 valence electrons. The molecule has 0 heterocycles. The Morgan fingerprint density at radius 2 is 2.17 bits per heavy atom. The second kappa shape index (κ2) is 5.92. The number of nitrogens with zero attached hydrogens (tertiary/aromatic N) is 1. The second-order valence-corrected chi connectivity index (χ2v) is 3.69. The van der Waals surface area contributed by atoms with Crippen LogP contribution in [0.3, 0.4) is 0 Å². The topological polar surface area (TPSA) is 93.5 Å². The molecule has 0 saturated heterocycles. The number of nitro benzene ring substituents is 1. The van der Waals surface area contributed by atoms with Crippen LogP contribution in [0.4, 0.5) is 11.4 Å². The van der Waals surface area contributed by atoms with E-state index in [0.29, 0.717) is 5.69 Å². The number of thiocarbonyl (C=S) groups is 1. The number of carbonyl (C=O) groups is 1. The van der Waals surface area contributed by atoms with Gasteiger partial charge in [-0.05, 0) is 24.4 Å². The third-order valence-electron chi connectivity index (χ3n) is 1.92. The van der Waals surface area contributed by atoms with Crippen molar-refractivity contribution >= 4 is 34.6 Å². The molecule has 0 aromatic heterocycles. The van der Waals surface area contributed by atoms with Crippen LogP contribution in [0.25, 0.3) is 0 Å². The fraction of sp³-hybridized carbons (Fsp3) is 0.200. The second-order valence-electron chi connectivity index (χ2n) is 3.28. The Hall–Kier alpha value is -2.22. The zero-order valence-corrected chi connectivity index (χ0v) is 10.5. The molecule has 1 rings (SSSR count). The van der Waals surface area contributed by atoms with Crippen molar-refractivity contribution in [2.24, 2.45) is 0 Å². The Kier molecular flexibility index (Phi) is 4.55. The largest absolute Gasteiger partial charge is 0.490 e. The number of nitro groups is 1. The van der Waals surface area contributed by atoms with E-state index in [-0.39, 0.29) is 22.5 Å². The van der Waals surface area contributed by atoms with E-state index in [1.165, 1.54) is 26.2 Å². The first-order valence-corrected chi connectivity index (χ1v) is 5.26. The maximum Gasteiger partial charge on any atom is 0.312 e. The molecule has 0 unspecified atom stereocenters. The first kappa shape index (κ1) is 13.8. The summed E-state index contributed by atoms with van der Waals surface area (Å²) in [6, 6.07) is 4.27. The molecule has 0 saturated carbocycles. The van der Waals surface area contributed by atoms with Gasteiger partial charge >= 0.3 is 5.69 Å². The van der Waals surface area contributed by atoms with Crippen molar-refractivity contribution in [2.75, 3.05) is 12.4 Å². The fourth-order valence-corrected chi connectivity index (χ4v) is 1.49. The van der Waals surface area contributed by atoms with Crippen LogP contribution in [-0.2, 0) is 4.79 Å². The van der Waals surface area contributed by atoms with Gasteiger partial charge in [-0.3, -0.25) is 14.9 Å². The summed E-state index contributed by atoms with van der Waals surface area (Å²) < 4.78 is 4.86. The lowest BCUT2D eigenvalue weighted by Gasteiger charge is -2.09. The van der Waals surface area contributed by atoms with Gasteiger partial charge in [0, 0.05) is 18.7 Å². The van der Waals surface area contributed by atoms with E-state index in [9.17, 15) is 14.9 Å². The molecule has 0 aliphatic heterocycles. The first-order chi connectivity index (χ1) is 8.43. The van der Waals surface area contributed by atoms with E-state index in [0.717, 1.165) is 0 Å².